The minimum Gasteiger partial charge on any atom is -0.481 e. The van der Waals surface area contributed by atoms with Gasteiger partial charge in [0.15, 0.2) is 0 Å². The monoisotopic (exact) mass is 549 g/mol. The van der Waals surface area contributed by atoms with E-state index in [9.17, 15) is 24.0 Å². The first-order valence-electron chi connectivity index (χ1n) is 13.3. The summed E-state index contributed by atoms with van der Waals surface area (Å²) >= 11 is 0. The van der Waals surface area contributed by atoms with Crippen LogP contribution in [0, 0.1) is 5.92 Å². The zero-order chi connectivity index (χ0) is 29.0. The van der Waals surface area contributed by atoms with E-state index in [0.717, 1.165) is 23.3 Å². The number of para-hydroxylation sites is 1. The lowest BCUT2D eigenvalue weighted by Crippen LogP contribution is -2.52. The first-order chi connectivity index (χ1) is 19.0. The van der Waals surface area contributed by atoms with Gasteiger partial charge in [0.1, 0.15) is 11.6 Å². The molecule has 1 saturated carbocycles. The summed E-state index contributed by atoms with van der Waals surface area (Å²) in [7, 11) is 0. The summed E-state index contributed by atoms with van der Waals surface area (Å²) in [6, 6.07) is 13.4. The lowest BCUT2D eigenvalue weighted by Gasteiger charge is -2.28. The van der Waals surface area contributed by atoms with Gasteiger partial charge in [0.2, 0.25) is 5.91 Å². The van der Waals surface area contributed by atoms with E-state index in [0.29, 0.717) is 17.8 Å². The number of nitrogens with zero attached hydrogens (tertiary/aromatic N) is 2. The number of aliphatic carboxylic acids is 1. The quantitative estimate of drug-likeness (QED) is 0.311. The van der Waals surface area contributed by atoms with Gasteiger partial charge in [-0.05, 0) is 62.9 Å². The van der Waals surface area contributed by atoms with Gasteiger partial charge in [-0.15, -0.1) is 0 Å². The minimum atomic E-state index is -1.20. The summed E-state index contributed by atoms with van der Waals surface area (Å²) < 4.78 is 0. The molecule has 2 atom stereocenters. The SMILES string of the molecule is C[C@H](CC(=O)O)NC(=O)[C@H](CC1CC1)N1C(=O)N(Cc2ccc(NC(=O)Nc3ccccc3)cc2)C(C)(C)C1=O. The second-order valence-corrected chi connectivity index (χ2v) is 10.9. The Morgan fingerprint density at radius 2 is 1.57 bits per heavy atom. The van der Waals surface area contributed by atoms with Crippen LogP contribution in [0.1, 0.15) is 52.0 Å². The average molecular weight is 550 g/mol. The molecule has 11 heteroatoms. The second-order valence-electron chi connectivity index (χ2n) is 10.9. The molecule has 0 aromatic heterocycles. The molecule has 1 heterocycles. The van der Waals surface area contributed by atoms with Crippen molar-refractivity contribution in [3.05, 3.63) is 60.2 Å². The van der Waals surface area contributed by atoms with Crippen molar-refractivity contribution >= 4 is 41.2 Å². The molecular weight excluding hydrogens is 514 g/mol. The summed E-state index contributed by atoms with van der Waals surface area (Å²) in [5, 5.41) is 17.2. The highest BCUT2D eigenvalue weighted by molar-refractivity contribution is 6.09. The molecule has 1 aliphatic heterocycles. The van der Waals surface area contributed by atoms with Gasteiger partial charge in [-0.1, -0.05) is 43.2 Å². The third-order valence-corrected chi connectivity index (χ3v) is 7.18. The Bertz CT molecular complexity index is 1280. The van der Waals surface area contributed by atoms with Crippen molar-refractivity contribution in [2.75, 3.05) is 10.6 Å². The minimum absolute atomic E-state index is 0.123. The molecule has 11 nitrogen and oxygen atoms in total. The van der Waals surface area contributed by atoms with E-state index < -0.39 is 47.5 Å². The highest BCUT2D eigenvalue weighted by atomic mass is 16.4. The summed E-state index contributed by atoms with van der Waals surface area (Å²) in [5.41, 5.74) is 0.755. The molecule has 0 unspecified atom stereocenters. The second kappa shape index (κ2) is 11.8. The van der Waals surface area contributed by atoms with Crippen LogP contribution in [0.25, 0.3) is 0 Å². The lowest BCUT2D eigenvalue weighted by atomic mass is 10.0. The number of urea groups is 2. The Hall–Kier alpha value is -4.41. The Balaban J connectivity index is 1.44. The Morgan fingerprint density at radius 3 is 2.15 bits per heavy atom. The number of benzene rings is 2. The smallest absolute Gasteiger partial charge is 0.328 e. The maximum absolute atomic E-state index is 13.6. The third-order valence-electron chi connectivity index (χ3n) is 7.18. The molecule has 2 aliphatic rings. The summed E-state index contributed by atoms with van der Waals surface area (Å²) in [4.78, 5) is 66.1. The molecule has 0 radical (unpaired) electrons. The van der Waals surface area contributed by atoms with E-state index in [1.54, 1.807) is 57.2 Å². The van der Waals surface area contributed by atoms with Crippen molar-refractivity contribution in [1.29, 1.82) is 0 Å². The van der Waals surface area contributed by atoms with Crippen LogP contribution < -0.4 is 16.0 Å². The normalized spacial score (nSPS) is 17.8. The van der Waals surface area contributed by atoms with Crippen LogP contribution in [0.2, 0.25) is 0 Å². The van der Waals surface area contributed by atoms with E-state index in [1.807, 2.05) is 18.2 Å². The number of carbonyl (C=O) groups excluding carboxylic acids is 4. The highest BCUT2D eigenvalue weighted by Crippen LogP contribution is 2.38. The van der Waals surface area contributed by atoms with Crippen molar-refractivity contribution in [2.45, 2.75) is 70.6 Å². The molecule has 0 spiro atoms. The van der Waals surface area contributed by atoms with Gasteiger partial charge in [-0.2, -0.15) is 0 Å². The van der Waals surface area contributed by atoms with Crippen molar-refractivity contribution in [3.8, 4) is 0 Å². The van der Waals surface area contributed by atoms with E-state index in [-0.39, 0.29) is 18.9 Å². The van der Waals surface area contributed by atoms with E-state index in [2.05, 4.69) is 16.0 Å². The van der Waals surface area contributed by atoms with Gasteiger partial charge in [0.25, 0.3) is 5.91 Å². The zero-order valence-corrected chi connectivity index (χ0v) is 22.8. The van der Waals surface area contributed by atoms with Crippen molar-refractivity contribution in [3.63, 3.8) is 0 Å². The Kier molecular flexibility index (Phi) is 8.41. The molecule has 212 valence electrons. The molecule has 1 saturated heterocycles. The van der Waals surface area contributed by atoms with Gasteiger partial charge in [0.05, 0.1) is 6.42 Å². The third kappa shape index (κ3) is 6.77. The predicted octanol–water partition coefficient (Wildman–Crippen LogP) is 4.02. The summed E-state index contributed by atoms with van der Waals surface area (Å²) in [6.45, 7) is 5.00. The number of carboxylic acids is 1. The zero-order valence-electron chi connectivity index (χ0n) is 22.8. The summed E-state index contributed by atoms with van der Waals surface area (Å²) in [5.74, 6) is -1.81. The van der Waals surface area contributed by atoms with Crippen LogP contribution in [-0.2, 0) is 20.9 Å². The molecule has 1 aliphatic carbocycles. The van der Waals surface area contributed by atoms with E-state index in [4.69, 9.17) is 5.11 Å². The molecule has 0 bridgehead atoms. The van der Waals surface area contributed by atoms with Crippen LogP contribution in [0.4, 0.5) is 21.0 Å². The Labute approximate surface area is 232 Å². The molecule has 2 fully saturated rings. The fourth-order valence-corrected chi connectivity index (χ4v) is 4.75. The number of hydrogen-bond acceptors (Lipinski definition) is 5. The fraction of sp³-hybridized carbons (Fsp3) is 0.414. The number of carbonyl (C=O) groups is 5. The lowest BCUT2D eigenvalue weighted by molar-refractivity contribution is -0.140. The van der Waals surface area contributed by atoms with Crippen LogP contribution >= 0.6 is 0 Å². The number of imide groups is 1. The Morgan fingerprint density at radius 1 is 0.975 bits per heavy atom. The number of rotatable bonds is 11. The van der Waals surface area contributed by atoms with Gasteiger partial charge in [-0.3, -0.25) is 14.4 Å². The van der Waals surface area contributed by atoms with Crippen LogP contribution in [0.15, 0.2) is 54.6 Å². The standard InChI is InChI=1S/C29H35N5O6/c1-18(15-24(35)36)30-25(37)23(16-19-9-10-19)34-26(38)29(2,3)33(28(34)40)17-20-11-13-22(14-12-20)32-27(39)31-21-7-5-4-6-8-21/h4-8,11-14,18-19,23H,9-10,15-17H2,1-3H3,(H,30,37)(H,35,36)(H2,31,32,39)/t18-,23+/m1/s1. The molecule has 40 heavy (non-hydrogen) atoms. The number of carboxylic acid groups (broad SMARTS) is 1. The van der Waals surface area contributed by atoms with Crippen LogP contribution in [0.3, 0.4) is 0 Å². The first-order valence-corrected chi connectivity index (χ1v) is 13.3. The van der Waals surface area contributed by atoms with Crippen molar-refractivity contribution < 1.29 is 29.1 Å². The maximum atomic E-state index is 13.6. The van der Waals surface area contributed by atoms with Gasteiger partial charge >= 0.3 is 18.0 Å². The van der Waals surface area contributed by atoms with Gasteiger partial charge in [-0.25, -0.2) is 14.5 Å². The van der Waals surface area contributed by atoms with Crippen molar-refractivity contribution in [2.24, 2.45) is 5.92 Å². The number of anilines is 2. The number of hydrogen-bond donors (Lipinski definition) is 4. The topological polar surface area (TPSA) is 148 Å². The molecule has 2 aromatic carbocycles. The molecule has 4 rings (SSSR count). The molecule has 2 aromatic rings. The molecular formula is C29H35N5O6. The predicted molar refractivity (Wildman–Crippen MR) is 148 cm³/mol. The van der Waals surface area contributed by atoms with Crippen LogP contribution in [0.5, 0.6) is 0 Å². The average Bonchev–Trinajstić information content (AvgIpc) is 3.69. The van der Waals surface area contributed by atoms with Gasteiger partial charge in [0, 0.05) is 24.0 Å². The number of nitrogens with one attached hydrogen (secondary N) is 3. The first kappa shape index (κ1) is 28.6. The number of amides is 6. The summed E-state index contributed by atoms with van der Waals surface area (Å²) in [6.07, 6.45) is 1.92. The van der Waals surface area contributed by atoms with E-state index in [1.165, 1.54) is 4.90 Å². The highest BCUT2D eigenvalue weighted by Gasteiger charge is 2.55. The van der Waals surface area contributed by atoms with Crippen molar-refractivity contribution in [1.82, 2.24) is 15.1 Å². The largest absolute Gasteiger partial charge is 0.481 e. The fourth-order valence-electron chi connectivity index (χ4n) is 4.75. The molecule has 4 N–H and O–H groups in total. The molecule has 6 amide bonds. The van der Waals surface area contributed by atoms with E-state index >= 15 is 0 Å². The van der Waals surface area contributed by atoms with Gasteiger partial charge < -0.3 is 26.0 Å². The maximum Gasteiger partial charge on any atom is 0.328 e. The van der Waals surface area contributed by atoms with Crippen LogP contribution in [-0.4, -0.2) is 62.4 Å².